The molecule has 0 radical (unpaired) electrons. The fraction of sp³-hybridized carbons (Fsp3) is 0.625. The molecule has 0 aliphatic carbocycles. The lowest BCUT2D eigenvalue weighted by atomic mass is 9.93. The molecule has 1 saturated heterocycles. The maximum atomic E-state index is 6.37. The van der Waals surface area contributed by atoms with Crippen molar-refractivity contribution >= 4 is 0 Å². The third kappa shape index (κ3) is 3.33. The van der Waals surface area contributed by atoms with Gasteiger partial charge < -0.3 is 10.6 Å². The van der Waals surface area contributed by atoms with Crippen molar-refractivity contribution in [1.82, 2.24) is 4.90 Å². The Hall–Kier alpha value is -0.860. The van der Waals surface area contributed by atoms with E-state index in [1.54, 1.807) is 0 Å². The van der Waals surface area contributed by atoms with Crippen LogP contribution in [0.1, 0.15) is 44.7 Å². The molecule has 1 fully saturated rings. The molecule has 1 aromatic carbocycles. The van der Waals surface area contributed by atoms with E-state index < -0.39 is 0 Å². The molecule has 18 heavy (non-hydrogen) atoms. The van der Waals surface area contributed by atoms with E-state index in [2.05, 4.69) is 43.0 Å². The Bertz CT molecular complexity index is 349. The van der Waals surface area contributed by atoms with Gasteiger partial charge in [0.25, 0.3) is 0 Å². The van der Waals surface area contributed by atoms with Gasteiger partial charge in [0, 0.05) is 18.6 Å². The van der Waals surface area contributed by atoms with Gasteiger partial charge in [0.05, 0.1) is 0 Å². The van der Waals surface area contributed by atoms with Crippen molar-refractivity contribution in [3.63, 3.8) is 0 Å². The Morgan fingerprint density at radius 2 is 2.00 bits per heavy atom. The summed E-state index contributed by atoms with van der Waals surface area (Å²) in [5, 5.41) is 0. The molecule has 0 spiro atoms. The Balaban J connectivity index is 1.93. The smallest absolute Gasteiger partial charge is 0.0333 e. The van der Waals surface area contributed by atoms with Gasteiger partial charge in [0.2, 0.25) is 0 Å². The Morgan fingerprint density at radius 1 is 1.28 bits per heavy atom. The molecule has 1 heterocycles. The summed E-state index contributed by atoms with van der Waals surface area (Å²) in [6.07, 6.45) is 4.07. The number of piperidine rings is 1. The molecule has 2 rings (SSSR count). The second-order valence-corrected chi connectivity index (χ2v) is 5.75. The fourth-order valence-corrected chi connectivity index (χ4v) is 2.92. The molecule has 0 saturated carbocycles. The third-order valence-electron chi connectivity index (χ3n) is 4.26. The number of hydrogen-bond donors (Lipinski definition) is 1. The molecular formula is C16H26N2. The summed E-state index contributed by atoms with van der Waals surface area (Å²) in [5.74, 6) is 0.507. The zero-order chi connectivity index (χ0) is 13.0. The van der Waals surface area contributed by atoms with Crippen LogP contribution in [0.3, 0.4) is 0 Å². The van der Waals surface area contributed by atoms with Gasteiger partial charge in [-0.1, -0.05) is 43.7 Å². The maximum Gasteiger partial charge on any atom is 0.0333 e. The highest BCUT2D eigenvalue weighted by Gasteiger charge is 2.23. The van der Waals surface area contributed by atoms with Gasteiger partial charge in [0.15, 0.2) is 0 Å². The SMILES string of the molecule is CC(CN1CCCCC1C)C(N)c1ccccc1. The highest BCUT2D eigenvalue weighted by molar-refractivity contribution is 5.19. The summed E-state index contributed by atoms with van der Waals surface area (Å²) in [6.45, 7) is 6.99. The average molecular weight is 246 g/mol. The van der Waals surface area contributed by atoms with Gasteiger partial charge in [-0.25, -0.2) is 0 Å². The number of likely N-dealkylation sites (tertiary alicyclic amines) is 1. The molecule has 0 bridgehead atoms. The van der Waals surface area contributed by atoms with E-state index in [1.165, 1.54) is 31.4 Å². The van der Waals surface area contributed by atoms with Crippen molar-refractivity contribution in [2.75, 3.05) is 13.1 Å². The molecule has 100 valence electrons. The van der Waals surface area contributed by atoms with E-state index in [-0.39, 0.29) is 6.04 Å². The molecule has 1 aromatic rings. The molecule has 0 aromatic heterocycles. The van der Waals surface area contributed by atoms with Gasteiger partial charge >= 0.3 is 0 Å². The van der Waals surface area contributed by atoms with Crippen LogP contribution in [-0.2, 0) is 0 Å². The first-order valence-electron chi connectivity index (χ1n) is 7.23. The van der Waals surface area contributed by atoms with E-state index in [9.17, 15) is 0 Å². The van der Waals surface area contributed by atoms with Crippen LogP contribution < -0.4 is 5.73 Å². The lowest BCUT2D eigenvalue weighted by Gasteiger charge is -2.36. The van der Waals surface area contributed by atoms with Crippen LogP contribution in [0, 0.1) is 5.92 Å². The molecule has 1 aliphatic heterocycles. The first-order chi connectivity index (χ1) is 8.68. The van der Waals surface area contributed by atoms with Gasteiger partial charge in [-0.15, -0.1) is 0 Å². The van der Waals surface area contributed by atoms with Crippen LogP contribution in [0.2, 0.25) is 0 Å². The predicted octanol–water partition coefficient (Wildman–Crippen LogP) is 3.20. The summed E-state index contributed by atoms with van der Waals surface area (Å²) in [4.78, 5) is 2.61. The molecule has 2 N–H and O–H groups in total. The quantitative estimate of drug-likeness (QED) is 0.884. The largest absolute Gasteiger partial charge is 0.324 e. The zero-order valence-corrected chi connectivity index (χ0v) is 11.7. The first kappa shape index (κ1) is 13.6. The molecule has 1 aliphatic rings. The van der Waals surface area contributed by atoms with Crippen molar-refractivity contribution in [1.29, 1.82) is 0 Å². The zero-order valence-electron chi connectivity index (χ0n) is 11.7. The first-order valence-corrected chi connectivity index (χ1v) is 7.23. The normalized spacial score (nSPS) is 24.7. The number of nitrogens with two attached hydrogens (primary N) is 1. The monoisotopic (exact) mass is 246 g/mol. The summed E-state index contributed by atoms with van der Waals surface area (Å²) >= 11 is 0. The predicted molar refractivity (Wildman–Crippen MR) is 77.4 cm³/mol. The summed E-state index contributed by atoms with van der Waals surface area (Å²) < 4.78 is 0. The van der Waals surface area contributed by atoms with E-state index >= 15 is 0 Å². The minimum Gasteiger partial charge on any atom is -0.324 e. The Labute approximate surface area is 111 Å². The van der Waals surface area contributed by atoms with E-state index in [0.29, 0.717) is 5.92 Å². The molecule has 3 unspecified atom stereocenters. The van der Waals surface area contributed by atoms with Crippen LogP contribution in [-0.4, -0.2) is 24.0 Å². The van der Waals surface area contributed by atoms with Crippen molar-refractivity contribution in [2.24, 2.45) is 11.7 Å². The average Bonchev–Trinajstić information content (AvgIpc) is 2.41. The summed E-state index contributed by atoms with van der Waals surface area (Å²) in [5.41, 5.74) is 7.63. The third-order valence-corrected chi connectivity index (χ3v) is 4.26. The fourth-order valence-electron chi connectivity index (χ4n) is 2.92. The van der Waals surface area contributed by atoms with Gasteiger partial charge in [-0.2, -0.15) is 0 Å². The van der Waals surface area contributed by atoms with Crippen LogP contribution in [0.15, 0.2) is 30.3 Å². The number of benzene rings is 1. The van der Waals surface area contributed by atoms with Crippen molar-refractivity contribution in [3.8, 4) is 0 Å². The highest BCUT2D eigenvalue weighted by Crippen LogP contribution is 2.23. The number of nitrogens with zero attached hydrogens (tertiary/aromatic N) is 1. The Morgan fingerprint density at radius 3 is 2.67 bits per heavy atom. The summed E-state index contributed by atoms with van der Waals surface area (Å²) in [6, 6.07) is 11.4. The minimum absolute atomic E-state index is 0.153. The van der Waals surface area contributed by atoms with Crippen LogP contribution >= 0.6 is 0 Å². The van der Waals surface area contributed by atoms with Crippen LogP contribution in [0.25, 0.3) is 0 Å². The van der Waals surface area contributed by atoms with Crippen molar-refractivity contribution in [2.45, 2.75) is 45.2 Å². The molecule has 2 nitrogen and oxygen atoms in total. The minimum atomic E-state index is 0.153. The number of rotatable bonds is 4. The summed E-state index contributed by atoms with van der Waals surface area (Å²) in [7, 11) is 0. The van der Waals surface area contributed by atoms with E-state index in [4.69, 9.17) is 5.73 Å². The van der Waals surface area contributed by atoms with Gasteiger partial charge in [-0.05, 0) is 37.8 Å². The van der Waals surface area contributed by atoms with Gasteiger partial charge in [0.1, 0.15) is 0 Å². The van der Waals surface area contributed by atoms with Crippen LogP contribution in [0.4, 0.5) is 0 Å². The van der Waals surface area contributed by atoms with Crippen LogP contribution in [0.5, 0.6) is 0 Å². The van der Waals surface area contributed by atoms with E-state index in [1.807, 2.05) is 6.07 Å². The second kappa shape index (κ2) is 6.35. The number of hydrogen-bond acceptors (Lipinski definition) is 2. The lowest BCUT2D eigenvalue weighted by molar-refractivity contribution is 0.133. The molecular weight excluding hydrogens is 220 g/mol. The standard InChI is InChI=1S/C16H26N2/c1-13(12-18-11-7-6-8-14(18)2)16(17)15-9-4-3-5-10-15/h3-5,9-10,13-14,16H,6-8,11-12,17H2,1-2H3. The highest BCUT2D eigenvalue weighted by atomic mass is 15.2. The van der Waals surface area contributed by atoms with Crippen molar-refractivity contribution < 1.29 is 0 Å². The topological polar surface area (TPSA) is 29.3 Å². The van der Waals surface area contributed by atoms with Crippen molar-refractivity contribution in [3.05, 3.63) is 35.9 Å². The lowest BCUT2D eigenvalue weighted by Crippen LogP contribution is -2.42. The van der Waals surface area contributed by atoms with E-state index in [0.717, 1.165) is 12.6 Å². The molecule has 3 atom stereocenters. The maximum absolute atomic E-state index is 6.37. The second-order valence-electron chi connectivity index (χ2n) is 5.75. The molecule has 0 amide bonds. The van der Waals surface area contributed by atoms with Gasteiger partial charge in [-0.3, -0.25) is 0 Å². The molecule has 2 heteroatoms. The Kier molecular flexibility index (Phi) is 4.79.